The van der Waals surface area contributed by atoms with Gasteiger partial charge in [0.2, 0.25) is 6.79 Å². The largest absolute Gasteiger partial charge is 0.466 e. The van der Waals surface area contributed by atoms with Crippen LogP contribution in [0.2, 0.25) is 0 Å². The Morgan fingerprint density at radius 1 is 1.45 bits per heavy atom. The molecule has 0 fully saturated rings. The van der Waals surface area contributed by atoms with Crippen LogP contribution < -0.4 is 9.47 Å². The highest BCUT2D eigenvalue weighted by Gasteiger charge is 2.24. The predicted molar refractivity (Wildman–Crippen MR) is 77.9 cm³/mol. The van der Waals surface area contributed by atoms with Crippen LogP contribution in [0.15, 0.2) is 16.6 Å². The molecule has 1 aromatic rings. The van der Waals surface area contributed by atoms with Crippen LogP contribution in [-0.2, 0) is 9.53 Å². The predicted octanol–water partition coefficient (Wildman–Crippen LogP) is 2.73. The number of fused-ring (bicyclic) bond motifs is 1. The molecule has 1 atom stereocenters. The fourth-order valence-electron chi connectivity index (χ4n) is 2.16. The van der Waals surface area contributed by atoms with Crippen LogP contribution in [0, 0.1) is 0 Å². The van der Waals surface area contributed by atoms with Crippen molar-refractivity contribution in [1.29, 1.82) is 0 Å². The number of esters is 1. The van der Waals surface area contributed by atoms with Crippen LogP contribution in [-0.4, -0.2) is 38.4 Å². The molecule has 0 aromatic heterocycles. The second kappa shape index (κ2) is 6.45. The van der Waals surface area contributed by atoms with Gasteiger partial charge in [-0.05, 0) is 54.6 Å². The topological polar surface area (TPSA) is 48.0 Å². The van der Waals surface area contributed by atoms with Crippen molar-refractivity contribution < 1.29 is 19.0 Å². The molecule has 1 heterocycles. The second-order valence-electron chi connectivity index (χ2n) is 4.73. The van der Waals surface area contributed by atoms with Gasteiger partial charge in [-0.2, -0.15) is 0 Å². The molecular weight excluding hydrogens is 326 g/mol. The standard InChI is InChI=1S/C14H18BrNO4/c1-4-18-13(17)7-11(16(2)3)9-5-10(15)14-12(6-9)19-8-20-14/h5-6,11H,4,7-8H2,1-3H3. The Labute approximate surface area is 126 Å². The van der Waals surface area contributed by atoms with Crippen LogP contribution >= 0.6 is 15.9 Å². The van der Waals surface area contributed by atoms with Gasteiger partial charge >= 0.3 is 5.97 Å². The van der Waals surface area contributed by atoms with Crippen LogP contribution in [0.1, 0.15) is 24.9 Å². The maximum atomic E-state index is 11.7. The summed E-state index contributed by atoms with van der Waals surface area (Å²) in [6.45, 7) is 2.42. The van der Waals surface area contributed by atoms with Crippen LogP contribution in [0.5, 0.6) is 11.5 Å². The monoisotopic (exact) mass is 343 g/mol. The van der Waals surface area contributed by atoms with E-state index in [-0.39, 0.29) is 18.8 Å². The lowest BCUT2D eigenvalue weighted by molar-refractivity contribution is -0.144. The maximum Gasteiger partial charge on any atom is 0.307 e. The third kappa shape index (κ3) is 3.24. The zero-order valence-electron chi connectivity index (χ0n) is 11.8. The van der Waals surface area contributed by atoms with Crippen molar-refractivity contribution in [3.63, 3.8) is 0 Å². The molecule has 5 nitrogen and oxygen atoms in total. The van der Waals surface area contributed by atoms with Gasteiger partial charge in [0.05, 0.1) is 17.5 Å². The Hall–Kier alpha value is -1.27. The van der Waals surface area contributed by atoms with E-state index in [1.165, 1.54) is 0 Å². The summed E-state index contributed by atoms with van der Waals surface area (Å²) in [6.07, 6.45) is 0.299. The summed E-state index contributed by atoms with van der Waals surface area (Å²) in [5.41, 5.74) is 0.985. The number of hydrogen-bond acceptors (Lipinski definition) is 5. The van der Waals surface area contributed by atoms with Crippen LogP contribution in [0.25, 0.3) is 0 Å². The van der Waals surface area contributed by atoms with Crippen molar-refractivity contribution in [2.24, 2.45) is 0 Å². The van der Waals surface area contributed by atoms with Gasteiger partial charge < -0.3 is 19.1 Å². The smallest absolute Gasteiger partial charge is 0.307 e. The van der Waals surface area contributed by atoms with E-state index in [0.29, 0.717) is 24.5 Å². The Morgan fingerprint density at radius 2 is 2.20 bits per heavy atom. The average Bonchev–Trinajstić information content (AvgIpc) is 2.84. The van der Waals surface area contributed by atoms with Gasteiger partial charge in [0.1, 0.15) is 0 Å². The molecule has 0 amide bonds. The number of hydrogen-bond donors (Lipinski definition) is 0. The third-order valence-electron chi connectivity index (χ3n) is 3.12. The SMILES string of the molecule is CCOC(=O)CC(c1cc(Br)c2c(c1)OCO2)N(C)C. The van der Waals surface area contributed by atoms with Crippen molar-refractivity contribution in [3.05, 3.63) is 22.2 Å². The summed E-state index contributed by atoms with van der Waals surface area (Å²) in [5.74, 6) is 1.20. The van der Waals surface area contributed by atoms with Crippen molar-refractivity contribution >= 4 is 21.9 Å². The Balaban J connectivity index is 2.26. The lowest BCUT2D eigenvalue weighted by Crippen LogP contribution is -2.23. The third-order valence-corrected chi connectivity index (χ3v) is 3.71. The number of ether oxygens (including phenoxy) is 3. The zero-order chi connectivity index (χ0) is 14.7. The second-order valence-corrected chi connectivity index (χ2v) is 5.58. The molecule has 1 unspecified atom stereocenters. The average molecular weight is 344 g/mol. The number of rotatable bonds is 5. The van der Waals surface area contributed by atoms with Gasteiger partial charge in [-0.1, -0.05) is 0 Å². The highest BCUT2D eigenvalue weighted by atomic mass is 79.9. The molecule has 0 spiro atoms. The van der Waals surface area contributed by atoms with Gasteiger partial charge in [-0.15, -0.1) is 0 Å². The molecule has 0 bridgehead atoms. The maximum absolute atomic E-state index is 11.7. The van der Waals surface area contributed by atoms with E-state index in [0.717, 1.165) is 10.0 Å². The summed E-state index contributed by atoms with van der Waals surface area (Å²) in [7, 11) is 3.87. The van der Waals surface area contributed by atoms with Gasteiger partial charge in [0, 0.05) is 6.04 Å². The minimum absolute atomic E-state index is 0.0696. The molecule has 1 aliphatic heterocycles. The molecule has 6 heteroatoms. The first-order chi connectivity index (χ1) is 9.52. The zero-order valence-corrected chi connectivity index (χ0v) is 13.4. The van der Waals surface area contributed by atoms with Gasteiger partial charge in [0.15, 0.2) is 11.5 Å². The molecule has 1 aromatic carbocycles. The lowest BCUT2D eigenvalue weighted by Gasteiger charge is -2.24. The first-order valence-corrected chi connectivity index (χ1v) is 7.23. The number of nitrogens with zero attached hydrogens (tertiary/aromatic N) is 1. The van der Waals surface area contributed by atoms with E-state index in [1.54, 1.807) is 6.92 Å². The molecule has 0 saturated heterocycles. The minimum atomic E-state index is -0.208. The fourth-order valence-corrected chi connectivity index (χ4v) is 2.73. The highest BCUT2D eigenvalue weighted by molar-refractivity contribution is 9.10. The molecule has 0 N–H and O–H groups in total. The quantitative estimate of drug-likeness (QED) is 0.769. The van der Waals surface area contributed by atoms with Crippen molar-refractivity contribution in [2.45, 2.75) is 19.4 Å². The van der Waals surface area contributed by atoms with Gasteiger partial charge in [0.25, 0.3) is 0 Å². The van der Waals surface area contributed by atoms with Gasteiger partial charge in [-0.3, -0.25) is 4.79 Å². The first kappa shape index (κ1) is 15.1. The Kier molecular flexibility index (Phi) is 4.88. The molecule has 2 rings (SSSR count). The van der Waals surface area contributed by atoms with Crippen molar-refractivity contribution in [3.8, 4) is 11.5 Å². The summed E-state index contributed by atoms with van der Waals surface area (Å²) < 4.78 is 16.7. The van der Waals surface area contributed by atoms with Crippen LogP contribution in [0.3, 0.4) is 0 Å². The summed E-state index contributed by atoms with van der Waals surface area (Å²) in [6, 6.07) is 3.80. The molecule has 0 saturated carbocycles. The molecule has 1 aliphatic rings. The normalized spacial score (nSPS) is 14.4. The Morgan fingerprint density at radius 3 is 2.85 bits per heavy atom. The van der Waals surface area contributed by atoms with E-state index >= 15 is 0 Å². The molecule has 0 aliphatic carbocycles. The fraction of sp³-hybridized carbons (Fsp3) is 0.500. The van der Waals surface area contributed by atoms with E-state index in [1.807, 2.05) is 31.1 Å². The lowest BCUT2D eigenvalue weighted by atomic mass is 10.0. The van der Waals surface area contributed by atoms with Gasteiger partial charge in [-0.25, -0.2) is 0 Å². The molecule has 110 valence electrons. The van der Waals surface area contributed by atoms with Crippen molar-refractivity contribution in [2.75, 3.05) is 27.5 Å². The summed E-state index contributed by atoms with van der Waals surface area (Å²) >= 11 is 3.47. The van der Waals surface area contributed by atoms with E-state index in [9.17, 15) is 4.79 Å². The van der Waals surface area contributed by atoms with E-state index in [4.69, 9.17) is 14.2 Å². The number of benzene rings is 1. The molecule has 20 heavy (non-hydrogen) atoms. The number of carbonyl (C=O) groups is 1. The number of carbonyl (C=O) groups excluding carboxylic acids is 1. The Bertz CT molecular complexity index is 504. The van der Waals surface area contributed by atoms with E-state index in [2.05, 4.69) is 15.9 Å². The van der Waals surface area contributed by atoms with Crippen molar-refractivity contribution in [1.82, 2.24) is 4.90 Å². The number of halogens is 1. The van der Waals surface area contributed by atoms with E-state index < -0.39 is 0 Å². The molecule has 0 radical (unpaired) electrons. The minimum Gasteiger partial charge on any atom is -0.466 e. The van der Waals surface area contributed by atoms with Crippen LogP contribution in [0.4, 0.5) is 0 Å². The summed E-state index contributed by atoms with van der Waals surface area (Å²) in [5, 5.41) is 0. The highest BCUT2D eigenvalue weighted by Crippen LogP contribution is 2.42. The molecular formula is C14H18BrNO4. The first-order valence-electron chi connectivity index (χ1n) is 6.44. The summed E-state index contributed by atoms with van der Waals surface area (Å²) in [4.78, 5) is 13.7.